The van der Waals surface area contributed by atoms with Gasteiger partial charge in [-0.05, 0) is 25.9 Å². The molecule has 1 amide bonds. The first kappa shape index (κ1) is 13.5. The van der Waals surface area contributed by atoms with E-state index in [-0.39, 0.29) is 5.91 Å². The molecule has 2 unspecified atom stereocenters. The van der Waals surface area contributed by atoms with Crippen molar-refractivity contribution in [2.45, 2.75) is 33.2 Å². The Kier molecular flexibility index (Phi) is 5.77. The number of carbonyl (C=O) groups is 1. The first-order chi connectivity index (χ1) is 7.72. The second-order valence-electron chi connectivity index (χ2n) is 4.41. The Balaban J connectivity index is 2.49. The molecule has 1 saturated heterocycles. The van der Waals surface area contributed by atoms with Crippen LogP contribution in [-0.4, -0.2) is 49.6 Å². The molecule has 2 atom stereocenters. The molecule has 1 aliphatic rings. The fraction of sp³-hybridized carbons (Fsp3) is 0.917. The zero-order chi connectivity index (χ0) is 12.0. The van der Waals surface area contributed by atoms with Gasteiger partial charge in [0.25, 0.3) is 0 Å². The molecule has 0 saturated carbocycles. The summed E-state index contributed by atoms with van der Waals surface area (Å²) in [5, 5.41) is 6.29. The van der Waals surface area contributed by atoms with Crippen molar-refractivity contribution >= 4 is 5.91 Å². The lowest BCUT2D eigenvalue weighted by Gasteiger charge is -2.30. The van der Waals surface area contributed by atoms with Gasteiger partial charge in [0.1, 0.15) is 0 Å². The molecule has 16 heavy (non-hydrogen) atoms. The van der Waals surface area contributed by atoms with Gasteiger partial charge in [0.2, 0.25) is 5.91 Å². The van der Waals surface area contributed by atoms with E-state index in [1.165, 1.54) is 6.42 Å². The summed E-state index contributed by atoms with van der Waals surface area (Å²) in [6.07, 6.45) is 1.18. The molecule has 0 aromatic carbocycles. The highest BCUT2D eigenvalue weighted by Crippen LogP contribution is 2.18. The zero-order valence-electron chi connectivity index (χ0n) is 10.8. The highest BCUT2D eigenvalue weighted by molar-refractivity contribution is 5.77. The van der Waals surface area contributed by atoms with E-state index < -0.39 is 0 Å². The van der Waals surface area contributed by atoms with Crippen LogP contribution in [0, 0.1) is 5.92 Å². The Morgan fingerprint density at radius 3 is 2.69 bits per heavy atom. The van der Waals surface area contributed by atoms with Crippen LogP contribution in [-0.2, 0) is 4.79 Å². The van der Waals surface area contributed by atoms with E-state index in [2.05, 4.69) is 29.4 Å². The first-order valence-electron chi connectivity index (χ1n) is 6.44. The summed E-state index contributed by atoms with van der Waals surface area (Å²) in [4.78, 5) is 13.9. The molecule has 4 nitrogen and oxygen atoms in total. The molecule has 2 N–H and O–H groups in total. The summed E-state index contributed by atoms with van der Waals surface area (Å²) < 4.78 is 0. The fourth-order valence-corrected chi connectivity index (χ4v) is 2.46. The summed E-state index contributed by atoms with van der Waals surface area (Å²) in [5.41, 5.74) is 0. The van der Waals surface area contributed by atoms with Gasteiger partial charge in [-0.2, -0.15) is 0 Å². The molecule has 0 aromatic rings. The Morgan fingerprint density at radius 1 is 1.38 bits per heavy atom. The number of likely N-dealkylation sites (N-methyl/N-ethyl adjacent to an activating group) is 2. The van der Waals surface area contributed by atoms with Crippen LogP contribution in [0.15, 0.2) is 0 Å². The van der Waals surface area contributed by atoms with Gasteiger partial charge in [0, 0.05) is 19.1 Å². The molecule has 0 bridgehead atoms. The summed E-state index contributed by atoms with van der Waals surface area (Å²) in [6, 6.07) is 0.526. The average Bonchev–Trinajstić information content (AvgIpc) is 2.74. The SMILES string of the molecule is CCNC(=O)CN(CC)C1CNCC1CC. The Hall–Kier alpha value is -0.610. The van der Waals surface area contributed by atoms with Gasteiger partial charge in [-0.15, -0.1) is 0 Å². The van der Waals surface area contributed by atoms with Gasteiger partial charge in [-0.3, -0.25) is 9.69 Å². The van der Waals surface area contributed by atoms with E-state index in [1.54, 1.807) is 0 Å². The van der Waals surface area contributed by atoms with E-state index in [0.717, 1.165) is 26.2 Å². The number of nitrogens with zero attached hydrogens (tertiary/aromatic N) is 1. The molecule has 0 aliphatic carbocycles. The predicted molar refractivity (Wildman–Crippen MR) is 66.4 cm³/mol. The van der Waals surface area contributed by atoms with Gasteiger partial charge in [-0.25, -0.2) is 0 Å². The van der Waals surface area contributed by atoms with Gasteiger partial charge in [-0.1, -0.05) is 20.3 Å². The largest absolute Gasteiger partial charge is 0.355 e. The van der Waals surface area contributed by atoms with Crippen molar-refractivity contribution < 1.29 is 4.79 Å². The van der Waals surface area contributed by atoms with Crippen LogP contribution in [0.4, 0.5) is 0 Å². The molecule has 0 aromatic heterocycles. The lowest BCUT2D eigenvalue weighted by Crippen LogP contribution is -2.46. The van der Waals surface area contributed by atoms with E-state index in [9.17, 15) is 4.79 Å². The van der Waals surface area contributed by atoms with E-state index >= 15 is 0 Å². The summed E-state index contributed by atoms with van der Waals surface area (Å²) in [7, 11) is 0. The summed E-state index contributed by atoms with van der Waals surface area (Å²) in [6.45, 7) is 10.6. The highest BCUT2D eigenvalue weighted by atomic mass is 16.2. The number of hydrogen-bond acceptors (Lipinski definition) is 3. The summed E-state index contributed by atoms with van der Waals surface area (Å²) >= 11 is 0. The molecule has 1 heterocycles. The molecule has 0 spiro atoms. The van der Waals surface area contributed by atoms with Crippen molar-refractivity contribution in [3.05, 3.63) is 0 Å². The third-order valence-electron chi connectivity index (χ3n) is 3.42. The number of rotatable bonds is 6. The minimum Gasteiger partial charge on any atom is -0.355 e. The van der Waals surface area contributed by atoms with Crippen LogP contribution >= 0.6 is 0 Å². The number of amides is 1. The van der Waals surface area contributed by atoms with Gasteiger partial charge < -0.3 is 10.6 Å². The number of nitrogens with one attached hydrogen (secondary N) is 2. The lowest BCUT2D eigenvalue weighted by atomic mass is 9.99. The van der Waals surface area contributed by atoms with Crippen molar-refractivity contribution in [3.63, 3.8) is 0 Å². The summed E-state index contributed by atoms with van der Waals surface area (Å²) in [5.74, 6) is 0.834. The van der Waals surface area contributed by atoms with Crippen LogP contribution in [0.25, 0.3) is 0 Å². The fourth-order valence-electron chi connectivity index (χ4n) is 2.46. The van der Waals surface area contributed by atoms with Crippen molar-refractivity contribution in [3.8, 4) is 0 Å². The average molecular weight is 227 g/mol. The molecule has 4 heteroatoms. The van der Waals surface area contributed by atoms with E-state index in [4.69, 9.17) is 0 Å². The van der Waals surface area contributed by atoms with Crippen molar-refractivity contribution in [1.29, 1.82) is 0 Å². The molecule has 1 fully saturated rings. The lowest BCUT2D eigenvalue weighted by molar-refractivity contribution is -0.122. The predicted octanol–water partition coefficient (Wildman–Crippen LogP) is 0.442. The zero-order valence-corrected chi connectivity index (χ0v) is 10.8. The van der Waals surface area contributed by atoms with Crippen molar-refractivity contribution in [1.82, 2.24) is 15.5 Å². The molecule has 1 aliphatic heterocycles. The monoisotopic (exact) mass is 227 g/mol. The minimum absolute atomic E-state index is 0.145. The third-order valence-corrected chi connectivity index (χ3v) is 3.42. The van der Waals surface area contributed by atoms with Gasteiger partial charge in [0.15, 0.2) is 0 Å². The smallest absolute Gasteiger partial charge is 0.234 e. The Labute approximate surface area is 98.8 Å². The maximum Gasteiger partial charge on any atom is 0.234 e. The van der Waals surface area contributed by atoms with Crippen molar-refractivity contribution in [2.24, 2.45) is 5.92 Å². The normalized spacial score (nSPS) is 25.0. The number of carbonyl (C=O) groups excluding carboxylic acids is 1. The molecular formula is C12H25N3O. The first-order valence-corrected chi connectivity index (χ1v) is 6.44. The Bertz CT molecular complexity index is 220. The van der Waals surface area contributed by atoms with Gasteiger partial charge >= 0.3 is 0 Å². The third kappa shape index (κ3) is 3.46. The number of hydrogen-bond donors (Lipinski definition) is 2. The topological polar surface area (TPSA) is 44.4 Å². The van der Waals surface area contributed by atoms with Crippen LogP contribution in [0.3, 0.4) is 0 Å². The molecular weight excluding hydrogens is 202 g/mol. The van der Waals surface area contributed by atoms with E-state index in [1.807, 2.05) is 6.92 Å². The van der Waals surface area contributed by atoms with E-state index in [0.29, 0.717) is 18.5 Å². The van der Waals surface area contributed by atoms with Crippen LogP contribution in [0.1, 0.15) is 27.2 Å². The molecule has 94 valence electrons. The van der Waals surface area contributed by atoms with Crippen LogP contribution in [0.5, 0.6) is 0 Å². The minimum atomic E-state index is 0.145. The highest BCUT2D eigenvalue weighted by Gasteiger charge is 2.30. The molecule has 1 rings (SSSR count). The van der Waals surface area contributed by atoms with Crippen LogP contribution < -0.4 is 10.6 Å². The Morgan fingerprint density at radius 2 is 2.12 bits per heavy atom. The maximum atomic E-state index is 11.6. The maximum absolute atomic E-state index is 11.6. The van der Waals surface area contributed by atoms with Gasteiger partial charge in [0.05, 0.1) is 6.54 Å². The standard InChI is InChI=1S/C12H25N3O/c1-4-10-7-13-8-11(10)15(6-3)9-12(16)14-5-2/h10-11,13H,4-9H2,1-3H3,(H,14,16). The van der Waals surface area contributed by atoms with Crippen LogP contribution in [0.2, 0.25) is 0 Å². The molecule has 0 radical (unpaired) electrons. The quantitative estimate of drug-likeness (QED) is 0.692. The second kappa shape index (κ2) is 6.86. The van der Waals surface area contributed by atoms with Crippen molar-refractivity contribution in [2.75, 3.05) is 32.7 Å². The second-order valence-corrected chi connectivity index (χ2v) is 4.41.